The summed E-state index contributed by atoms with van der Waals surface area (Å²) in [7, 11) is -3.85. The van der Waals surface area contributed by atoms with Crippen LogP contribution in [0.5, 0.6) is 0 Å². The largest absolute Gasteiger partial charge is 0.258 e. The second kappa shape index (κ2) is 6.58. The molecular weight excluding hydrogens is 401 g/mol. The Morgan fingerprint density at radius 2 is 1.81 bits per heavy atom. The van der Waals surface area contributed by atoms with Gasteiger partial charge in [-0.15, -0.1) is 0 Å². The quantitative estimate of drug-likeness (QED) is 0.838. The first-order valence-corrected chi connectivity index (χ1v) is 8.74. The van der Waals surface area contributed by atoms with E-state index in [1.165, 1.54) is 18.3 Å². The highest BCUT2D eigenvalue weighted by atomic mass is 79.9. The van der Waals surface area contributed by atoms with Crippen molar-refractivity contribution >= 4 is 49.2 Å². The lowest BCUT2D eigenvalue weighted by atomic mass is 10.4. The van der Waals surface area contributed by atoms with Crippen molar-refractivity contribution in [3.63, 3.8) is 0 Å². The number of hydrogen-bond donors (Lipinski definition) is 1. The Morgan fingerprint density at radius 3 is 2.33 bits per heavy atom. The van der Waals surface area contributed by atoms with Gasteiger partial charge in [-0.25, -0.2) is 13.1 Å². The second-order valence-electron chi connectivity index (χ2n) is 4.17. The zero-order chi connectivity index (χ0) is 15.6. The van der Waals surface area contributed by atoms with Crippen LogP contribution in [0, 0.1) is 6.92 Å². The van der Waals surface area contributed by atoms with Gasteiger partial charge in [0.25, 0.3) is 0 Å². The van der Waals surface area contributed by atoms with E-state index in [1.807, 2.05) is 0 Å². The van der Waals surface area contributed by atoms with Crippen molar-refractivity contribution < 1.29 is 8.42 Å². The third-order valence-electron chi connectivity index (χ3n) is 2.51. The van der Waals surface area contributed by atoms with Crippen molar-refractivity contribution in [3.8, 4) is 0 Å². The molecule has 0 radical (unpaired) electrons. The van der Waals surface area contributed by atoms with Crippen LogP contribution >= 0.6 is 39.1 Å². The number of sulfonamides is 1. The summed E-state index contributed by atoms with van der Waals surface area (Å²) in [5.41, 5.74) is 1.24. The Labute approximate surface area is 140 Å². The molecule has 2 aromatic rings. The maximum Gasteiger partial charge on any atom is 0.243 e. The molecule has 0 unspecified atom stereocenters. The first-order valence-electron chi connectivity index (χ1n) is 5.71. The maximum absolute atomic E-state index is 12.3. The van der Waals surface area contributed by atoms with Crippen LogP contribution in [0.25, 0.3) is 0 Å². The predicted molar refractivity (Wildman–Crippen MR) is 85.0 cm³/mol. The molecule has 9 heteroatoms. The van der Waals surface area contributed by atoms with Gasteiger partial charge in [-0.05, 0) is 19.1 Å². The van der Waals surface area contributed by atoms with Crippen LogP contribution in [0.3, 0.4) is 0 Å². The van der Waals surface area contributed by atoms with Crippen LogP contribution in [0.1, 0.15) is 11.4 Å². The molecule has 0 amide bonds. The van der Waals surface area contributed by atoms with Crippen molar-refractivity contribution in [1.82, 2.24) is 14.7 Å². The van der Waals surface area contributed by atoms with Crippen LogP contribution in [0.2, 0.25) is 10.0 Å². The SMILES string of the molecule is Cc1cnc(CNS(=O)(=O)c2c(Cl)cc(Br)cc2Cl)cn1. The average molecular weight is 411 g/mol. The fraction of sp³-hybridized carbons (Fsp3) is 0.167. The maximum atomic E-state index is 12.3. The zero-order valence-corrected chi connectivity index (χ0v) is 14.7. The standard InChI is InChI=1S/C12H10BrCl2N3O2S/c1-7-4-17-9(5-16-7)6-18-21(19,20)12-10(14)2-8(13)3-11(12)15/h2-5,18H,6H2,1H3. The normalized spacial score (nSPS) is 11.6. The molecule has 1 heterocycles. The van der Waals surface area contributed by atoms with Crippen LogP contribution in [0.15, 0.2) is 33.9 Å². The van der Waals surface area contributed by atoms with E-state index in [4.69, 9.17) is 23.2 Å². The molecule has 0 aliphatic heterocycles. The number of aromatic nitrogens is 2. The van der Waals surface area contributed by atoms with E-state index in [-0.39, 0.29) is 21.5 Å². The monoisotopic (exact) mass is 409 g/mol. The summed E-state index contributed by atoms with van der Waals surface area (Å²) in [6.45, 7) is 1.79. The first-order chi connectivity index (χ1) is 9.79. The number of hydrogen-bond acceptors (Lipinski definition) is 4. The zero-order valence-electron chi connectivity index (χ0n) is 10.8. The Hall–Kier alpha value is -0.730. The molecule has 21 heavy (non-hydrogen) atoms. The molecule has 0 spiro atoms. The highest BCUT2D eigenvalue weighted by Crippen LogP contribution is 2.32. The third kappa shape index (κ3) is 4.14. The molecule has 1 N–H and O–H groups in total. The fourth-order valence-corrected chi connectivity index (χ4v) is 4.47. The van der Waals surface area contributed by atoms with Gasteiger partial charge in [-0.1, -0.05) is 39.1 Å². The lowest BCUT2D eigenvalue weighted by Crippen LogP contribution is -2.24. The molecule has 0 bridgehead atoms. The van der Waals surface area contributed by atoms with E-state index in [9.17, 15) is 8.42 Å². The van der Waals surface area contributed by atoms with Crippen LogP contribution in [-0.4, -0.2) is 18.4 Å². The molecule has 0 saturated carbocycles. The molecular formula is C12H10BrCl2N3O2S. The van der Waals surface area contributed by atoms with Crippen LogP contribution in [0.4, 0.5) is 0 Å². The minimum Gasteiger partial charge on any atom is -0.258 e. The minimum atomic E-state index is -3.85. The molecule has 1 aromatic carbocycles. The summed E-state index contributed by atoms with van der Waals surface area (Å²) < 4.78 is 27.6. The molecule has 0 saturated heterocycles. The van der Waals surface area contributed by atoms with Gasteiger partial charge in [0.15, 0.2) is 0 Å². The van der Waals surface area contributed by atoms with Gasteiger partial charge in [-0.3, -0.25) is 9.97 Å². The highest BCUT2D eigenvalue weighted by molar-refractivity contribution is 9.10. The number of benzene rings is 1. The Balaban J connectivity index is 2.25. The van der Waals surface area contributed by atoms with E-state index in [0.717, 1.165) is 5.69 Å². The fourth-order valence-electron chi connectivity index (χ4n) is 1.54. The summed E-state index contributed by atoms with van der Waals surface area (Å²) in [4.78, 5) is 7.96. The molecule has 0 atom stereocenters. The summed E-state index contributed by atoms with van der Waals surface area (Å²) in [5.74, 6) is 0. The lowest BCUT2D eigenvalue weighted by molar-refractivity contribution is 0.580. The van der Waals surface area contributed by atoms with Gasteiger partial charge in [-0.2, -0.15) is 0 Å². The van der Waals surface area contributed by atoms with Crippen molar-refractivity contribution in [1.29, 1.82) is 0 Å². The van der Waals surface area contributed by atoms with E-state index in [1.54, 1.807) is 13.1 Å². The number of halogens is 3. The van der Waals surface area contributed by atoms with E-state index < -0.39 is 10.0 Å². The van der Waals surface area contributed by atoms with Crippen LogP contribution in [-0.2, 0) is 16.6 Å². The van der Waals surface area contributed by atoms with Gasteiger partial charge in [0.2, 0.25) is 10.0 Å². The molecule has 1 aromatic heterocycles. The highest BCUT2D eigenvalue weighted by Gasteiger charge is 2.22. The molecule has 112 valence electrons. The number of nitrogens with zero attached hydrogens (tertiary/aromatic N) is 2. The number of nitrogens with one attached hydrogen (secondary N) is 1. The molecule has 5 nitrogen and oxygen atoms in total. The Morgan fingerprint density at radius 1 is 1.19 bits per heavy atom. The molecule has 0 fully saturated rings. The smallest absolute Gasteiger partial charge is 0.243 e. The van der Waals surface area contributed by atoms with Gasteiger partial charge in [0.1, 0.15) is 4.90 Å². The summed E-state index contributed by atoms with van der Waals surface area (Å²) in [6.07, 6.45) is 3.06. The minimum absolute atomic E-state index is 0.00165. The Bertz CT molecular complexity index is 744. The van der Waals surface area contributed by atoms with Gasteiger partial charge < -0.3 is 0 Å². The first kappa shape index (κ1) is 16.6. The third-order valence-corrected chi connectivity index (χ3v) is 5.29. The van der Waals surface area contributed by atoms with E-state index in [2.05, 4.69) is 30.6 Å². The van der Waals surface area contributed by atoms with Gasteiger partial charge in [0, 0.05) is 10.7 Å². The summed E-state index contributed by atoms with van der Waals surface area (Å²) in [5, 5.41) is 0.0775. The molecule has 0 aliphatic rings. The van der Waals surface area contributed by atoms with Crippen molar-refractivity contribution in [2.75, 3.05) is 0 Å². The van der Waals surface area contributed by atoms with Gasteiger partial charge in [0.05, 0.1) is 34.2 Å². The van der Waals surface area contributed by atoms with Crippen molar-refractivity contribution in [3.05, 3.63) is 50.4 Å². The van der Waals surface area contributed by atoms with Crippen LogP contribution < -0.4 is 4.72 Å². The number of rotatable bonds is 4. The molecule has 0 aliphatic carbocycles. The topological polar surface area (TPSA) is 72.0 Å². The van der Waals surface area contributed by atoms with E-state index in [0.29, 0.717) is 10.2 Å². The summed E-state index contributed by atoms with van der Waals surface area (Å²) in [6, 6.07) is 2.93. The average Bonchev–Trinajstić information content (AvgIpc) is 2.36. The van der Waals surface area contributed by atoms with Crippen molar-refractivity contribution in [2.24, 2.45) is 0 Å². The van der Waals surface area contributed by atoms with Crippen molar-refractivity contribution in [2.45, 2.75) is 18.4 Å². The van der Waals surface area contributed by atoms with E-state index >= 15 is 0 Å². The molecule has 2 rings (SSSR count). The van der Waals surface area contributed by atoms with Gasteiger partial charge >= 0.3 is 0 Å². The number of aryl methyl sites for hydroxylation is 1. The lowest BCUT2D eigenvalue weighted by Gasteiger charge is -2.10. The predicted octanol–water partition coefficient (Wildman–Crippen LogP) is 3.33. The summed E-state index contributed by atoms with van der Waals surface area (Å²) >= 11 is 15.1. The Kier molecular flexibility index (Phi) is 5.21. The second-order valence-corrected chi connectivity index (χ2v) is 7.61.